The summed E-state index contributed by atoms with van der Waals surface area (Å²) in [6, 6.07) is 1.45. The fourth-order valence-corrected chi connectivity index (χ4v) is 0.777. The molecular weight excluding hydrogens is 260 g/mol. The van der Waals surface area contributed by atoms with Gasteiger partial charge in [0.1, 0.15) is 5.02 Å². The highest BCUT2D eigenvalue weighted by molar-refractivity contribution is 6.50. The summed E-state index contributed by atoms with van der Waals surface area (Å²) < 4.78 is 63.7. The van der Waals surface area contributed by atoms with E-state index in [0.717, 1.165) is 6.07 Å². The summed E-state index contributed by atoms with van der Waals surface area (Å²) in [5.41, 5.74) is -0.189. The van der Waals surface area contributed by atoms with E-state index in [1.165, 1.54) is 0 Å². The van der Waals surface area contributed by atoms with Crippen LogP contribution in [0, 0.1) is 17.0 Å². The van der Waals surface area contributed by atoms with Gasteiger partial charge < -0.3 is 17.3 Å². The Hall–Kier alpha value is -1.43. The SMILES string of the molecule is F[B-](F)(F)F.N#[N+]c1cc(F)c(F)cc1Cl. The van der Waals surface area contributed by atoms with E-state index in [-0.39, 0.29) is 10.7 Å². The lowest BCUT2D eigenvalue weighted by Gasteiger charge is -1.94. The van der Waals surface area contributed by atoms with Crippen molar-refractivity contribution in [1.29, 1.82) is 5.39 Å². The van der Waals surface area contributed by atoms with Crippen LogP contribution in [0.15, 0.2) is 12.1 Å². The van der Waals surface area contributed by atoms with Gasteiger partial charge in [-0.3, -0.25) is 0 Å². The predicted molar refractivity (Wildman–Crippen MR) is 46.3 cm³/mol. The van der Waals surface area contributed by atoms with Gasteiger partial charge in [-0.15, -0.1) is 0 Å². The molecule has 0 amide bonds. The molecule has 10 heteroatoms. The van der Waals surface area contributed by atoms with E-state index >= 15 is 0 Å². The molecule has 0 unspecified atom stereocenters. The Labute approximate surface area is 90.5 Å². The fourth-order valence-electron chi connectivity index (χ4n) is 0.589. The number of rotatable bonds is 0. The maximum absolute atomic E-state index is 12.3. The van der Waals surface area contributed by atoms with E-state index in [2.05, 4.69) is 4.98 Å². The third-order valence-electron chi connectivity index (χ3n) is 1.10. The molecule has 1 aromatic rings. The van der Waals surface area contributed by atoms with Crippen molar-refractivity contribution >= 4 is 24.5 Å². The van der Waals surface area contributed by atoms with Crippen molar-refractivity contribution in [2.24, 2.45) is 0 Å². The van der Waals surface area contributed by atoms with Crippen molar-refractivity contribution in [3.63, 3.8) is 0 Å². The van der Waals surface area contributed by atoms with E-state index in [1.54, 1.807) is 0 Å². The monoisotopic (exact) mass is 262 g/mol. The Balaban J connectivity index is 0.000000385. The summed E-state index contributed by atoms with van der Waals surface area (Å²) in [5.74, 6) is -2.16. The first-order valence-electron chi connectivity index (χ1n) is 3.52. The van der Waals surface area contributed by atoms with Crippen LogP contribution in [-0.2, 0) is 0 Å². The molecule has 0 radical (unpaired) electrons. The molecule has 0 aliphatic carbocycles. The smallest absolute Gasteiger partial charge is 0.418 e. The number of diazo groups is 1. The average Bonchev–Trinajstić information content (AvgIpc) is 2.08. The Kier molecular flexibility index (Phi) is 5.10. The van der Waals surface area contributed by atoms with Crippen molar-refractivity contribution in [2.75, 3.05) is 0 Å². The molecule has 0 aromatic heterocycles. The van der Waals surface area contributed by atoms with Crippen molar-refractivity contribution in [3.05, 3.63) is 33.8 Å². The zero-order valence-electron chi connectivity index (χ0n) is 7.27. The van der Waals surface area contributed by atoms with Crippen LogP contribution in [0.5, 0.6) is 0 Å². The Morgan fingerprint density at radius 3 is 1.81 bits per heavy atom. The van der Waals surface area contributed by atoms with Crippen LogP contribution >= 0.6 is 11.6 Å². The molecule has 2 nitrogen and oxygen atoms in total. The topological polar surface area (TPSA) is 28.1 Å². The largest absolute Gasteiger partial charge is 0.673 e. The fraction of sp³-hybridized carbons (Fsp3) is 0. The third kappa shape index (κ3) is 6.13. The lowest BCUT2D eigenvalue weighted by molar-refractivity contribution is 0.368. The number of halogens is 7. The van der Waals surface area contributed by atoms with Crippen LogP contribution in [0.25, 0.3) is 4.98 Å². The summed E-state index contributed by atoms with van der Waals surface area (Å²) in [7, 11) is -6.00. The van der Waals surface area contributed by atoms with Gasteiger partial charge in [0.05, 0.1) is 6.07 Å². The summed E-state index contributed by atoms with van der Waals surface area (Å²) in [4.78, 5) is 2.63. The van der Waals surface area contributed by atoms with Gasteiger partial charge in [0.15, 0.2) is 16.6 Å². The van der Waals surface area contributed by atoms with Gasteiger partial charge in [-0.1, -0.05) is 11.6 Å². The summed E-state index contributed by atoms with van der Waals surface area (Å²) in [5, 5.41) is 8.05. The summed E-state index contributed by atoms with van der Waals surface area (Å²) >= 11 is 5.34. The van der Waals surface area contributed by atoms with Gasteiger partial charge in [-0.25, -0.2) is 8.78 Å². The van der Waals surface area contributed by atoms with E-state index < -0.39 is 18.9 Å². The molecule has 0 aliphatic heterocycles. The molecule has 0 N–H and O–H groups in total. The molecule has 0 fully saturated rings. The molecule has 0 spiro atoms. The third-order valence-corrected chi connectivity index (χ3v) is 1.40. The second kappa shape index (κ2) is 5.60. The molecule has 0 atom stereocenters. The lowest BCUT2D eigenvalue weighted by atomic mass is 10.3. The molecule has 0 saturated carbocycles. The highest BCUT2D eigenvalue weighted by Crippen LogP contribution is 2.26. The highest BCUT2D eigenvalue weighted by atomic mass is 35.5. The maximum atomic E-state index is 12.3. The second-order valence-electron chi connectivity index (χ2n) is 2.31. The zero-order chi connectivity index (χ0) is 12.9. The first kappa shape index (κ1) is 14.6. The average molecular weight is 262 g/mol. The molecule has 1 aromatic carbocycles. The molecule has 0 saturated heterocycles. The van der Waals surface area contributed by atoms with Crippen LogP contribution in [0.2, 0.25) is 5.02 Å². The second-order valence-corrected chi connectivity index (χ2v) is 2.72. The van der Waals surface area contributed by atoms with Gasteiger partial charge >= 0.3 is 12.9 Å². The molecule has 1 rings (SSSR count). The first-order chi connectivity index (χ1) is 7.15. The lowest BCUT2D eigenvalue weighted by Crippen LogP contribution is -2.02. The normalized spacial score (nSPS) is 10.1. The minimum atomic E-state index is -6.00. The van der Waals surface area contributed by atoms with Gasteiger partial charge in [0, 0.05) is 6.07 Å². The Morgan fingerprint density at radius 1 is 1.06 bits per heavy atom. The number of hydrogen-bond acceptors (Lipinski definition) is 1. The Bertz CT molecular complexity index is 409. The van der Waals surface area contributed by atoms with Crippen LogP contribution < -0.4 is 0 Å². The zero-order valence-corrected chi connectivity index (χ0v) is 8.03. The number of benzene rings is 1. The molecule has 88 valence electrons. The minimum Gasteiger partial charge on any atom is -0.418 e. The van der Waals surface area contributed by atoms with Gasteiger partial charge in [-0.05, 0) is 0 Å². The standard InChI is InChI=1S/C6H2ClF2N2.BF4/c7-3-1-4(8)5(9)2-6(3)11-10;2-1(3,4)5/h1-2H;/q+1;-1. The number of hydrogen-bond donors (Lipinski definition) is 0. The van der Waals surface area contributed by atoms with Gasteiger partial charge in [-0.2, -0.15) is 0 Å². The molecule has 16 heavy (non-hydrogen) atoms. The Morgan fingerprint density at radius 2 is 1.44 bits per heavy atom. The molecular formula is C6H2BClF6N2. The number of nitrogens with zero attached hydrogens (tertiary/aromatic N) is 2. The van der Waals surface area contributed by atoms with Crippen LogP contribution in [0.4, 0.5) is 31.7 Å². The summed E-state index contributed by atoms with van der Waals surface area (Å²) in [6.45, 7) is 0. The van der Waals surface area contributed by atoms with Crippen LogP contribution in [-0.4, -0.2) is 7.25 Å². The van der Waals surface area contributed by atoms with Crippen LogP contribution in [0.3, 0.4) is 0 Å². The quantitative estimate of drug-likeness (QED) is 0.295. The predicted octanol–water partition coefficient (Wildman–Crippen LogP) is 4.40. The summed E-state index contributed by atoms with van der Waals surface area (Å²) in [6.07, 6.45) is 0. The minimum absolute atomic E-state index is 0.133. The molecule has 0 bridgehead atoms. The van der Waals surface area contributed by atoms with Crippen molar-refractivity contribution in [3.8, 4) is 0 Å². The van der Waals surface area contributed by atoms with E-state index in [4.69, 9.17) is 17.0 Å². The van der Waals surface area contributed by atoms with E-state index in [9.17, 15) is 26.0 Å². The van der Waals surface area contributed by atoms with Crippen molar-refractivity contribution in [1.82, 2.24) is 0 Å². The van der Waals surface area contributed by atoms with Crippen molar-refractivity contribution in [2.45, 2.75) is 0 Å². The molecule has 0 heterocycles. The first-order valence-corrected chi connectivity index (χ1v) is 3.90. The van der Waals surface area contributed by atoms with E-state index in [0.29, 0.717) is 6.07 Å². The van der Waals surface area contributed by atoms with Gasteiger partial charge in [0.2, 0.25) is 5.39 Å². The molecule has 0 aliphatic rings. The van der Waals surface area contributed by atoms with Gasteiger partial charge in [0.25, 0.3) is 0 Å². The van der Waals surface area contributed by atoms with Crippen LogP contribution in [0.1, 0.15) is 0 Å². The maximum Gasteiger partial charge on any atom is 0.673 e. The van der Waals surface area contributed by atoms with Crippen molar-refractivity contribution < 1.29 is 26.0 Å². The van der Waals surface area contributed by atoms with E-state index in [1.807, 2.05) is 0 Å². The highest BCUT2D eigenvalue weighted by Gasteiger charge is 2.20.